The molecule has 0 atom stereocenters. The van der Waals surface area contributed by atoms with Crippen LogP contribution in [0.1, 0.15) is 0 Å². The minimum absolute atomic E-state index is 0.0419. The van der Waals surface area contributed by atoms with Crippen molar-refractivity contribution in [3.05, 3.63) is 42.2 Å². The molecule has 0 aliphatic heterocycles. The fourth-order valence-electron chi connectivity index (χ4n) is 1.71. The zero-order valence-electron chi connectivity index (χ0n) is 11.1. The summed E-state index contributed by atoms with van der Waals surface area (Å²) < 4.78 is 46.6. The molecule has 0 bridgehead atoms. The van der Waals surface area contributed by atoms with E-state index in [2.05, 4.69) is 10.1 Å². The second kappa shape index (κ2) is 6.25. The summed E-state index contributed by atoms with van der Waals surface area (Å²) in [5.41, 5.74) is 6.92. The highest BCUT2D eigenvalue weighted by Gasteiger charge is 2.09. The molecule has 0 aliphatic carbocycles. The Labute approximate surface area is 119 Å². The Morgan fingerprint density at radius 3 is 2.38 bits per heavy atom. The first-order valence-electron chi connectivity index (χ1n) is 5.94. The van der Waals surface area contributed by atoms with Crippen molar-refractivity contribution < 1.29 is 22.6 Å². The number of hydrogen-bond acceptors (Lipinski definition) is 4. The average Bonchev–Trinajstić information content (AvgIpc) is 2.43. The Hall–Kier alpha value is -2.57. The molecule has 0 radical (unpaired) electrons. The van der Waals surface area contributed by atoms with E-state index in [1.54, 1.807) is 0 Å². The van der Waals surface area contributed by atoms with Crippen molar-refractivity contribution in [1.29, 1.82) is 0 Å². The summed E-state index contributed by atoms with van der Waals surface area (Å²) in [6.45, 7) is -2.87. The lowest BCUT2D eigenvalue weighted by atomic mass is 10.2. The number of anilines is 3. The quantitative estimate of drug-likeness (QED) is 0.825. The fraction of sp³-hybridized carbons (Fsp3) is 0.143. The van der Waals surface area contributed by atoms with E-state index in [-0.39, 0.29) is 17.2 Å². The van der Waals surface area contributed by atoms with Gasteiger partial charge in [0.25, 0.3) is 0 Å². The normalized spacial score (nSPS) is 10.5. The number of methoxy groups -OCH3 is 1. The molecule has 4 nitrogen and oxygen atoms in total. The largest absolute Gasteiger partial charge is 0.494 e. The van der Waals surface area contributed by atoms with E-state index < -0.39 is 12.4 Å². The van der Waals surface area contributed by atoms with Crippen molar-refractivity contribution in [2.24, 2.45) is 0 Å². The predicted molar refractivity (Wildman–Crippen MR) is 73.7 cm³/mol. The average molecular weight is 298 g/mol. The Kier molecular flexibility index (Phi) is 4.42. The molecule has 3 N–H and O–H groups in total. The maximum atomic E-state index is 13.4. The number of benzene rings is 2. The standard InChI is InChI=1S/C14H13F3N2O2/c1-20-13-7-12(11(18)6-10(13)15)19-8-2-4-9(5-3-8)21-14(16)17/h2-7,14,19H,18H2,1H3. The van der Waals surface area contributed by atoms with Gasteiger partial charge in [-0.05, 0) is 24.3 Å². The zero-order chi connectivity index (χ0) is 15.4. The van der Waals surface area contributed by atoms with Gasteiger partial charge >= 0.3 is 6.61 Å². The molecule has 0 heterocycles. The van der Waals surface area contributed by atoms with Gasteiger partial charge in [0, 0.05) is 17.8 Å². The number of nitrogens with two attached hydrogens (primary N) is 1. The Balaban J connectivity index is 2.18. The summed E-state index contributed by atoms with van der Waals surface area (Å²) in [4.78, 5) is 0. The molecule has 2 aromatic carbocycles. The maximum Gasteiger partial charge on any atom is 0.387 e. The molecule has 0 saturated carbocycles. The van der Waals surface area contributed by atoms with Crippen LogP contribution < -0.4 is 20.5 Å². The van der Waals surface area contributed by atoms with Gasteiger partial charge in [0.2, 0.25) is 0 Å². The molecule has 7 heteroatoms. The second-order valence-electron chi connectivity index (χ2n) is 4.10. The molecule has 0 saturated heterocycles. The Morgan fingerprint density at radius 2 is 1.81 bits per heavy atom. The maximum absolute atomic E-state index is 13.4. The van der Waals surface area contributed by atoms with E-state index in [4.69, 9.17) is 10.5 Å². The third kappa shape index (κ3) is 3.71. The molecule has 0 aromatic heterocycles. The summed E-state index contributed by atoms with van der Waals surface area (Å²) in [6, 6.07) is 8.38. The summed E-state index contributed by atoms with van der Waals surface area (Å²) >= 11 is 0. The Morgan fingerprint density at radius 1 is 1.14 bits per heavy atom. The Bertz CT molecular complexity index is 618. The van der Waals surface area contributed by atoms with E-state index in [9.17, 15) is 13.2 Å². The molecule has 21 heavy (non-hydrogen) atoms. The van der Waals surface area contributed by atoms with Crippen molar-refractivity contribution in [2.75, 3.05) is 18.2 Å². The van der Waals surface area contributed by atoms with Gasteiger partial charge < -0.3 is 20.5 Å². The molecule has 0 spiro atoms. The van der Waals surface area contributed by atoms with Gasteiger partial charge in [0.05, 0.1) is 18.5 Å². The highest BCUT2D eigenvalue weighted by Crippen LogP contribution is 2.30. The molecule has 112 valence electrons. The van der Waals surface area contributed by atoms with Crippen molar-refractivity contribution >= 4 is 17.1 Å². The fourth-order valence-corrected chi connectivity index (χ4v) is 1.71. The predicted octanol–water partition coefficient (Wildman–Crippen LogP) is 3.76. The number of nitrogens with one attached hydrogen (secondary N) is 1. The molecule has 2 rings (SSSR count). The van der Waals surface area contributed by atoms with Crippen LogP contribution in [0.2, 0.25) is 0 Å². The first kappa shape index (κ1) is 14.8. The van der Waals surface area contributed by atoms with Crippen LogP contribution >= 0.6 is 0 Å². The first-order valence-corrected chi connectivity index (χ1v) is 5.94. The van der Waals surface area contributed by atoms with E-state index in [1.165, 1.54) is 37.4 Å². The highest BCUT2D eigenvalue weighted by molar-refractivity contribution is 5.74. The van der Waals surface area contributed by atoms with Crippen LogP contribution in [0.25, 0.3) is 0 Å². The van der Waals surface area contributed by atoms with Crippen molar-refractivity contribution in [3.8, 4) is 11.5 Å². The van der Waals surface area contributed by atoms with E-state index >= 15 is 0 Å². The summed E-state index contributed by atoms with van der Waals surface area (Å²) in [5.74, 6) is -0.481. The first-order chi connectivity index (χ1) is 9.99. The van der Waals surface area contributed by atoms with E-state index in [0.717, 1.165) is 6.07 Å². The minimum atomic E-state index is -2.87. The summed E-state index contributed by atoms with van der Waals surface area (Å²) in [6.07, 6.45) is 0. The van der Waals surface area contributed by atoms with Gasteiger partial charge in [-0.15, -0.1) is 0 Å². The number of rotatable bonds is 5. The number of ether oxygens (including phenoxy) is 2. The van der Waals surface area contributed by atoms with Crippen LogP contribution in [0.4, 0.5) is 30.2 Å². The molecular weight excluding hydrogens is 285 g/mol. The van der Waals surface area contributed by atoms with Crippen LogP contribution in [0, 0.1) is 5.82 Å². The van der Waals surface area contributed by atoms with Gasteiger partial charge in [-0.1, -0.05) is 0 Å². The van der Waals surface area contributed by atoms with Crippen LogP contribution in [0.5, 0.6) is 11.5 Å². The zero-order valence-corrected chi connectivity index (χ0v) is 11.1. The molecule has 0 fully saturated rings. The van der Waals surface area contributed by atoms with E-state index in [1.807, 2.05) is 0 Å². The SMILES string of the molecule is COc1cc(Nc2ccc(OC(F)F)cc2)c(N)cc1F. The second-order valence-corrected chi connectivity index (χ2v) is 4.10. The van der Waals surface area contributed by atoms with Gasteiger partial charge in [-0.3, -0.25) is 0 Å². The van der Waals surface area contributed by atoms with E-state index in [0.29, 0.717) is 11.4 Å². The van der Waals surface area contributed by atoms with Gasteiger partial charge in [0.1, 0.15) is 5.75 Å². The lowest BCUT2D eigenvalue weighted by molar-refractivity contribution is -0.0498. The minimum Gasteiger partial charge on any atom is -0.494 e. The van der Waals surface area contributed by atoms with Crippen molar-refractivity contribution in [2.45, 2.75) is 6.61 Å². The number of halogens is 3. The van der Waals surface area contributed by atoms with Crippen LogP contribution in [0.3, 0.4) is 0 Å². The lowest BCUT2D eigenvalue weighted by Crippen LogP contribution is -2.02. The lowest BCUT2D eigenvalue weighted by Gasteiger charge is -2.12. The third-order valence-corrected chi connectivity index (χ3v) is 2.68. The van der Waals surface area contributed by atoms with Crippen LogP contribution in [-0.2, 0) is 0 Å². The molecule has 0 unspecified atom stereocenters. The molecule has 0 aliphatic rings. The third-order valence-electron chi connectivity index (χ3n) is 2.68. The van der Waals surface area contributed by atoms with Gasteiger partial charge in [-0.25, -0.2) is 4.39 Å². The van der Waals surface area contributed by atoms with Gasteiger partial charge in [0.15, 0.2) is 11.6 Å². The topological polar surface area (TPSA) is 56.5 Å². The summed E-state index contributed by atoms with van der Waals surface area (Å²) in [5, 5.41) is 2.94. The van der Waals surface area contributed by atoms with Gasteiger partial charge in [-0.2, -0.15) is 8.78 Å². The summed E-state index contributed by atoms with van der Waals surface area (Å²) in [7, 11) is 1.34. The van der Waals surface area contributed by atoms with Crippen LogP contribution in [0.15, 0.2) is 36.4 Å². The highest BCUT2D eigenvalue weighted by atomic mass is 19.3. The molecular formula is C14H13F3N2O2. The number of alkyl halides is 2. The number of nitrogen functional groups attached to an aromatic ring is 1. The molecule has 2 aromatic rings. The molecule has 0 amide bonds. The monoisotopic (exact) mass is 298 g/mol. The van der Waals surface area contributed by atoms with Crippen molar-refractivity contribution in [3.63, 3.8) is 0 Å². The smallest absolute Gasteiger partial charge is 0.387 e. The van der Waals surface area contributed by atoms with Crippen LogP contribution in [-0.4, -0.2) is 13.7 Å². The number of hydrogen-bond donors (Lipinski definition) is 2. The van der Waals surface area contributed by atoms with Crippen molar-refractivity contribution in [1.82, 2.24) is 0 Å².